The van der Waals surface area contributed by atoms with E-state index in [2.05, 4.69) is 64.3 Å². The molecule has 7 rings (SSSR count). The van der Waals surface area contributed by atoms with Crippen LogP contribution >= 0.6 is 11.3 Å². The molecule has 0 unspecified atom stereocenters. The Morgan fingerprint density at radius 3 is 2.44 bits per heavy atom. The fourth-order valence-electron chi connectivity index (χ4n) is 6.58. The van der Waals surface area contributed by atoms with Crippen molar-refractivity contribution in [3.8, 4) is 22.5 Å². The number of carbonyl (C=O) groups excluding carboxylic acids is 2. The second kappa shape index (κ2) is 12.9. The van der Waals surface area contributed by atoms with E-state index >= 15 is 0 Å². The number of aromatic nitrogens is 4. The molecule has 5 aromatic rings. The molecule has 0 bridgehead atoms. The number of nitrogens with two attached hydrogens (primary N) is 1. The topological polar surface area (TPSA) is 131 Å². The molecule has 1 fully saturated rings. The molecule has 0 aliphatic carbocycles. The maximum Gasteiger partial charge on any atom is 0.264 e. The van der Waals surface area contributed by atoms with Crippen LogP contribution in [-0.4, -0.2) is 76.0 Å². The van der Waals surface area contributed by atoms with Gasteiger partial charge in [0.15, 0.2) is 11.6 Å². The number of nitrogens with zero attached hydrogens (tertiary/aromatic N) is 7. The molecule has 48 heavy (non-hydrogen) atoms. The maximum absolute atomic E-state index is 13.9. The van der Waals surface area contributed by atoms with Gasteiger partial charge in [0.2, 0.25) is 11.9 Å². The van der Waals surface area contributed by atoms with Gasteiger partial charge in [-0.3, -0.25) is 9.59 Å². The van der Waals surface area contributed by atoms with Gasteiger partial charge in [0.05, 0.1) is 33.9 Å². The second-order valence-electron chi connectivity index (χ2n) is 12.5. The third kappa shape index (κ3) is 5.97. The number of anilines is 3. The molecule has 12 heteroatoms. The number of nitrogen functional groups attached to an aromatic ring is 1. The first-order valence-electron chi connectivity index (χ1n) is 16.2. The van der Waals surface area contributed by atoms with Gasteiger partial charge in [-0.1, -0.05) is 30.3 Å². The Kier molecular flexibility index (Phi) is 8.52. The van der Waals surface area contributed by atoms with Gasteiger partial charge < -0.3 is 25.2 Å². The number of hydrogen-bond donors (Lipinski definition) is 1. The van der Waals surface area contributed by atoms with Crippen molar-refractivity contribution in [2.24, 2.45) is 0 Å². The molecule has 5 heterocycles. The SMILES string of the molecule is CC(=O)N1c2ccc(-c3ccc(CN(C)C(=O)c4sc5c(N6CCOCC6)nc(-c6cnc(N)nc6)nc5c4C)cc3)cc2CC[C@@H]1C. The molecule has 246 valence electrons. The quantitative estimate of drug-likeness (QED) is 0.250. The highest BCUT2D eigenvalue weighted by molar-refractivity contribution is 7.21. The van der Waals surface area contributed by atoms with Crippen LogP contribution in [0.1, 0.15) is 46.6 Å². The van der Waals surface area contributed by atoms with Crippen molar-refractivity contribution in [1.29, 1.82) is 0 Å². The average molecular weight is 663 g/mol. The van der Waals surface area contributed by atoms with Gasteiger partial charge in [-0.15, -0.1) is 11.3 Å². The van der Waals surface area contributed by atoms with Gasteiger partial charge in [-0.25, -0.2) is 19.9 Å². The monoisotopic (exact) mass is 662 g/mol. The maximum atomic E-state index is 13.9. The summed E-state index contributed by atoms with van der Waals surface area (Å²) < 4.78 is 6.47. The third-order valence-corrected chi connectivity index (χ3v) is 10.5. The lowest BCUT2D eigenvalue weighted by molar-refractivity contribution is -0.117. The van der Waals surface area contributed by atoms with E-state index in [4.69, 9.17) is 20.4 Å². The normalized spacial score (nSPS) is 16.2. The minimum atomic E-state index is -0.0659. The van der Waals surface area contributed by atoms with Crippen molar-refractivity contribution in [1.82, 2.24) is 24.8 Å². The molecular weight excluding hydrogens is 625 g/mol. The molecule has 1 atom stereocenters. The summed E-state index contributed by atoms with van der Waals surface area (Å²) in [4.78, 5) is 50.8. The number of benzene rings is 2. The Morgan fingerprint density at radius 2 is 1.73 bits per heavy atom. The zero-order valence-electron chi connectivity index (χ0n) is 27.6. The predicted octanol–water partition coefficient (Wildman–Crippen LogP) is 5.50. The number of amides is 2. The molecule has 2 aliphatic heterocycles. The van der Waals surface area contributed by atoms with Crippen molar-refractivity contribution in [3.63, 3.8) is 0 Å². The number of rotatable bonds is 6. The summed E-state index contributed by atoms with van der Waals surface area (Å²) in [5, 5.41) is 0. The van der Waals surface area contributed by atoms with Crippen LogP contribution < -0.4 is 15.5 Å². The summed E-state index contributed by atoms with van der Waals surface area (Å²) in [5.41, 5.74) is 13.4. The Bertz CT molecular complexity index is 2010. The lowest BCUT2D eigenvalue weighted by Crippen LogP contribution is -2.40. The Labute approximate surface area is 283 Å². The smallest absolute Gasteiger partial charge is 0.264 e. The summed E-state index contributed by atoms with van der Waals surface area (Å²) in [6.45, 7) is 8.74. The molecule has 0 saturated carbocycles. The van der Waals surface area contributed by atoms with Crippen LogP contribution in [0.15, 0.2) is 54.9 Å². The van der Waals surface area contributed by atoms with Crippen molar-refractivity contribution < 1.29 is 14.3 Å². The number of aryl methyl sites for hydroxylation is 2. The van der Waals surface area contributed by atoms with Gasteiger partial charge in [-0.2, -0.15) is 0 Å². The Balaban J connectivity index is 1.13. The zero-order valence-corrected chi connectivity index (χ0v) is 28.4. The molecule has 2 aliphatic rings. The minimum absolute atomic E-state index is 0.0659. The predicted molar refractivity (Wildman–Crippen MR) is 189 cm³/mol. The molecule has 2 amide bonds. The first kappa shape index (κ1) is 31.6. The summed E-state index contributed by atoms with van der Waals surface area (Å²) in [6, 6.07) is 14.9. The third-order valence-electron chi connectivity index (χ3n) is 9.19. The fourth-order valence-corrected chi connectivity index (χ4v) is 7.84. The van der Waals surface area contributed by atoms with Crippen LogP contribution in [0.4, 0.5) is 17.5 Å². The summed E-state index contributed by atoms with van der Waals surface area (Å²) >= 11 is 1.44. The molecular formula is C36H38N8O3S. The first-order valence-corrected chi connectivity index (χ1v) is 17.0. The summed E-state index contributed by atoms with van der Waals surface area (Å²) in [7, 11) is 1.83. The molecule has 3 aromatic heterocycles. The van der Waals surface area contributed by atoms with Crippen LogP contribution in [0.5, 0.6) is 0 Å². The highest BCUT2D eigenvalue weighted by Gasteiger charge is 2.28. The van der Waals surface area contributed by atoms with E-state index < -0.39 is 0 Å². The van der Waals surface area contributed by atoms with Gasteiger partial charge in [0.25, 0.3) is 5.91 Å². The number of ether oxygens (including phenoxy) is 1. The highest BCUT2D eigenvalue weighted by Crippen LogP contribution is 2.38. The van der Waals surface area contributed by atoms with E-state index in [0.717, 1.165) is 56.8 Å². The number of hydrogen-bond acceptors (Lipinski definition) is 10. The number of morpholine rings is 1. The standard InChI is InChI=1S/C36H38N8O3S/c1-21-5-8-27-17-26(11-12-29(27)44(21)23(3)45)25-9-6-24(7-10-25)20-42(4)35(46)31-22(2)30-32(48-31)34(43-13-15-47-16-14-43)41-33(40-30)28-18-38-36(37)39-19-28/h6-7,9-12,17-19,21H,5,8,13-16,20H2,1-4H3,(H2,37,38,39)/t21-/m0/s1. The number of thiophene rings is 1. The van der Waals surface area contributed by atoms with Crippen LogP contribution in [0.25, 0.3) is 32.7 Å². The molecule has 2 aromatic carbocycles. The van der Waals surface area contributed by atoms with Gasteiger partial charge in [0, 0.05) is 57.7 Å². The fraction of sp³-hybridized carbons (Fsp3) is 0.333. The van der Waals surface area contributed by atoms with E-state index in [-0.39, 0.29) is 23.8 Å². The number of fused-ring (bicyclic) bond motifs is 2. The van der Waals surface area contributed by atoms with Gasteiger partial charge in [-0.05, 0) is 66.6 Å². The molecule has 0 spiro atoms. The molecule has 0 radical (unpaired) electrons. The lowest BCUT2D eigenvalue weighted by atomic mass is 9.93. The van der Waals surface area contributed by atoms with E-state index in [1.807, 2.05) is 18.9 Å². The van der Waals surface area contributed by atoms with Crippen molar-refractivity contribution in [2.75, 3.05) is 48.9 Å². The van der Waals surface area contributed by atoms with Crippen LogP contribution in [0, 0.1) is 6.92 Å². The number of carbonyl (C=O) groups is 2. The highest BCUT2D eigenvalue weighted by atomic mass is 32.1. The van der Waals surface area contributed by atoms with Crippen molar-refractivity contribution >= 4 is 50.8 Å². The van der Waals surface area contributed by atoms with E-state index in [1.54, 1.807) is 24.2 Å². The van der Waals surface area contributed by atoms with E-state index in [9.17, 15) is 9.59 Å². The summed E-state index contributed by atoms with van der Waals surface area (Å²) in [5.74, 6) is 1.46. The first-order chi connectivity index (χ1) is 23.2. The van der Waals surface area contributed by atoms with E-state index in [1.165, 1.54) is 16.9 Å². The molecule has 11 nitrogen and oxygen atoms in total. The Hall–Kier alpha value is -4.94. The largest absolute Gasteiger partial charge is 0.378 e. The lowest BCUT2D eigenvalue weighted by Gasteiger charge is -2.34. The van der Waals surface area contributed by atoms with Crippen LogP contribution in [0.3, 0.4) is 0 Å². The van der Waals surface area contributed by atoms with Gasteiger partial charge >= 0.3 is 0 Å². The van der Waals surface area contributed by atoms with Gasteiger partial charge in [0.1, 0.15) is 0 Å². The van der Waals surface area contributed by atoms with Crippen molar-refractivity contribution in [3.05, 3.63) is 76.4 Å². The van der Waals surface area contributed by atoms with E-state index in [0.29, 0.717) is 49.1 Å². The molecule has 1 saturated heterocycles. The Morgan fingerprint density at radius 1 is 1.02 bits per heavy atom. The van der Waals surface area contributed by atoms with Crippen molar-refractivity contribution in [2.45, 2.75) is 46.2 Å². The zero-order chi connectivity index (χ0) is 33.5. The van der Waals surface area contributed by atoms with Crippen LogP contribution in [-0.2, 0) is 22.5 Å². The summed E-state index contributed by atoms with van der Waals surface area (Å²) in [6.07, 6.45) is 5.14. The van der Waals surface area contributed by atoms with Crippen LogP contribution in [0.2, 0.25) is 0 Å². The average Bonchev–Trinajstić information content (AvgIpc) is 3.43. The molecule has 2 N–H and O–H groups in total. The second-order valence-corrected chi connectivity index (χ2v) is 13.5. The minimum Gasteiger partial charge on any atom is -0.378 e.